The molecule has 1 aromatic heterocycles. The van der Waals surface area contributed by atoms with E-state index in [9.17, 15) is 0 Å². The maximum atomic E-state index is 6.15. The van der Waals surface area contributed by atoms with Gasteiger partial charge in [0.15, 0.2) is 5.82 Å². The van der Waals surface area contributed by atoms with Gasteiger partial charge in [0, 0.05) is 17.7 Å². The summed E-state index contributed by atoms with van der Waals surface area (Å²) in [7, 11) is 1.98. The van der Waals surface area contributed by atoms with E-state index in [1.807, 2.05) is 19.2 Å². The predicted octanol–water partition coefficient (Wildman–Crippen LogP) is 4.85. The zero-order chi connectivity index (χ0) is 18.6. The van der Waals surface area contributed by atoms with Crippen molar-refractivity contribution in [3.63, 3.8) is 0 Å². The van der Waals surface area contributed by atoms with Gasteiger partial charge in [0.05, 0.1) is 5.56 Å². The van der Waals surface area contributed by atoms with Crippen molar-refractivity contribution in [2.24, 2.45) is 0 Å². The first-order valence-electron chi connectivity index (χ1n) is 9.25. The van der Waals surface area contributed by atoms with Gasteiger partial charge in [0.2, 0.25) is 5.88 Å². The molecule has 2 aromatic carbocycles. The molecule has 0 radical (unpaired) electrons. The molecule has 0 unspecified atom stereocenters. The number of aryl methyl sites for hydroxylation is 1. The summed E-state index contributed by atoms with van der Waals surface area (Å²) in [4.78, 5) is 9.67. The number of rotatable bonds is 6. The normalized spacial score (nSPS) is 12.2. The molecule has 0 bridgehead atoms. The zero-order valence-corrected chi connectivity index (χ0v) is 16.5. The van der Waals surface area contributed by atoms with Crippen LogP contribution >= 0.6 is 11.8 Å². The third-order valence-corrected chi connectivity index (χ3v) is 5.70. The van der Waals surface area contributed by atoms with Crippen LogP contribution in [0.2, 0.25) is 0 Å². The van der Waals surface area contributed by atoms with Crippen molar-refractivity contribution >= 4 is 11.8 Å². The van der Waals surface area contributed by atoms with Crippen molar-refractivity contribution in [3.05, 3.63) is 65.2 Å². The van der Waals surface area contributed by atoms with E-state index in [-0.39, 0.29) is 0 Å². The van der Waals surface area contributed by atoms with E-state index >= 15 is 0 Å². The Bertz CT molecular complexity index is 941. The van der Waals surface area contributed by atoms with Gasteiger partial charge >= 0.3 is 0 Å². The minimum Gasteiger partial charge on any atom is -0.438 e. The van der Waals surface area contributed by atoms with Gasteiger partial charge in [-0.25, -0.2) is 4.98 Å². The summed E-state index contributed by atoms with van der Waals surface area (Å²) in [6.45, 7) is 3.09. The molecule has 138 valence electrons. The molecule has 1 aliphatic rings. The fourth-order valence-corrected chi connectivity index (χ4v) is 4.06. The summed E-state index contributed by atoms with van der Waals surface area (Å²) in [5, 5.41) is 4.23. The minimum atomic E-state index is 0.690. The van der Waals surface area contributed by atoms with Gasteiger partial charge in [-0.05, 0) is 38.6 Å². The van der Waals surface area contributed by atoms with E-state index in [2.05, 4.69) is 48.6 Å². The topological polar surface area (TPSA) is 47.0 Å². The summed E-state index contributed by atoms with van der Waals surface area (Å²) in [5.41, 5.74) is 4.53. The molecule has 1 aliphatic heterocycles. The Balaban J connectivity index is 1.71. The van der Waals surface area contributed by atoms with Crippen LogP contribution in [-0.4, -0.2) is 29.3 Å². The van der Waals surface area contributed by atoms with E-state index in [0.717, 1.165) is 52.9 Å². The summed E-state index contributed by atoms with van der Waals surface area (Å²) in [6.07, 6.45) is 1.91. The number of fused-ring (bicyclic) bond motifs is 2. The van der Waals surface area contributed by atoms with Gasteiger partial charge in [-0.1, -0.05) is 48.0 Å². The van der Waals surface area contributed by atoms with Crippen molar-refractivity contribution in [2.75, 3.05) is 19.3 Å². The van der Waals surface area contributed by atoms with Crippen LogP contribution in [0.15, 0.2) is 53.6 Å². The maximum absolute atomic E-state index is 6.15. The van der Waals surface area contributed by atoms with Crippen molar-refractivity contribution in [1.29, 1.82) is 0 Å². The fraction of sp³-hybridized carbons (Fsp3) is 0.273. The molecule has 3 aromatic rings. The number of ether oxygens (including phenoxy) is 1. The number of hydrogen-bond donors (Lipinski definition) is 1. The number of hydrogen-bond acceptors (Lipinski definition) is 5. The highest BCUT2D eigenvalue weighted by Crippen LogP contribution is 2.40. The third kappa shape index (κ3) is 3.99. The highest BCUT2D eigenvalue weighted by molar-refractivity contribution is 7.99. The van der Waals surface area contributed by atoms with Crippen LogP contribution in [0, 0.1) is 6.92 Å². The number of para-hydroxylation sites is 1. The zero-order valence-electron chi connectivity index (χ0n) is 15.7. The first-order chi connectivity index (χ1) is 13.2. The molecule has 27 heavy (non-hydrogen) atoms. The van der Waals surface area contributed by atoms with Crippen LogP contribution < -0.4 is 10.1 Å². The van der Waals surface area contributed by atoms with E-state index in [1.54, 1.807) is 11.8 Å². The van der Waals surface area contributed by atoms with E-state index in [4.69, 9.17) is 14.7 Å². The van der Waals surface area contributed by atoms with Gasteiger partial charge in [0.25, 0.3) is 0 Å². The Morgan fingerprint density at radius 3 is 2.70 bits per heavy atom. The molecule has 0 atom stereocenters. The van der Waals surface area contributed by atoms with E-state index < -0.39 is 0 Å². The number of benzene rings is 2. The average molecular weight is 378 g/mol. The second-order valence-electron chi connectivity index (χ2n) is 6.69. The molecule has 0 spiro atoms. The molecule has 0 saturated carbocycles. The van der Waals surface area contributed by atoms with Crippen molar-refractivity contribution in [3.8, 4) is 23.0 Å². The quantitative estimate of drug-likeness (QED) is 0.296. The van der Waals surface area contributed by atoms with Crippen molar-refractivity contribution in [1.82, 2.24) is 15.3 Å². The first-order valence-corrected chi connectivity index (χ1v) is 10.2. The molecular weight excluding hydrogens is 354 g/mol. The standard InChI is InChI=1S/C22H23N3OS/c1-15-8-10-16(11-9-15)20-24-21-18(22(25-20)27-13-5-12-23-2)14-17-6-3-4-7-19(17)26-21/h3-4,6-11,23H,5,12-14H2,1-2H3. The third-order valence-electron chi connectivity index (χ3n) is 4.60. The van der Waals surface area contributed by atoms with Gasteiger partial charge in [0.1, 0.15) is 10.8 Å². The lowest BCUT2D eigenvalue weighted by Gasteiger charge is -2.21. The number of thioether (sulfide) groups is 1. The summed E-state index contributed by atoms with van der Waals surface area (Å²) in [5.74, 6) is 3.32. The van der Waals surface area contributed by atoms with Gasteiger partial charge < -0.3 is 10.1 Å². The Labute approximate surface area is 164 Å². The van der Waals surface area contributed by atoms with Crippen LogP contribution in [0.3, 0.4) is 0 Å². The smallest absolute Gasteiger partial charge is 0.227 e. The lowest BCUT2D eigenvalue weighted by molar-refractivity contribution is 0.435. The molecule has 1 N–H and O–H groups in total. The second kappa shape index (κ2) is 8.11. The molecule has 2 heterocycles. The highest BCUT2D eigenvalue weighted by atomic mass is 32.2. The van der Waals surface area contributed by atoms with E-state index in [1.165, 1.54) is 11.1 Å². The van der Waals surface area contributed by atoms with Crippen LogP contribution in [0.5, 0.6) is 11.6 Å². The van der Waals surface area contributed by atoms with Crippen LogP contribution in [-0.2, 0) is 6.42 Å². The SMILES string of the molecule is CNCCCSc1nc(-c2ccc(C)cc2)nc2c1Cc1ccccc1O2. The molecule has 0 aliphatic carbocycles. The molecule has 4 rings (SSSR count). The number of nitrogens with one attached hydrogen (secondary N) is 1. The van der Waals surface area contributed by atoms with Crippen molar-refractivity contribution < 1.29 is 4.74 Å². The summed E-state index contributed by atoms with van der Waals surface area (Å²) in [6, 6.07) is 16.5. The molecule has 0 saturated heterocycles. The van der Waals surface area contributed by atoms with Crippen LogP contribution in [0.1, 0.15) is 23.1 Å². The largest absolute Gasteiger partial charge is 0.438 e. The Morgan fingerprint density at radius 2 is 1.89 bits per heavy atom. The van der Waals surface area contributed by atoms with Crippen LogP contribution in [0.4, 0.5) is 0 Å². The highest BCUT2D eigenvalue weighted by Gasteiger charge is 2.23. The summed E-state index contributed by atoms with van der Waals surface area (Å²) >= 11 is 1.79. The number of nitrogens with zero attached hydrogens (tertiary/aromatic N) is 2. The van der Waals surface area contributed by atoms with Gasteiger partial charge in [-0.3, -0.25) is 0 Å². The average Bonchev–Trinajstić information content (AvgIpc) is 2.70. The molecular formula is C22H23N3OS. The van der Waals surface area contributed by atoms with Gasteiger partial charge in [-0.15, -0.1) is 11.8 Å². The maximum Gasteiger partial charge on any atom is 0.227 e. The molecule has 0 amide bonds. The Morgan fingerprint density at radius 1 is 1.07 bits per heavy atom. The lowest BCUT2D eigenvalue weighted by Crippen LogP contribution is -2.10. The Kier molecular flexibility index (Phi) is 5.41. The second-order valence-corrected chi connectivity index (χ2v) is 7.78. The van der Waals surface area contributed by atoms with E-state index in [0.29, 0.717) is 5.88 Å². The molecule has 5 heteroatoms. The first kappa shape index (κ1) is 18.0. The Hall–Kier alpha value is -2.37. The lowest BCUT2D eigenvalue weighted by atomic mass is 10.0. The monoisotopic (exact) mass is 377 g/mol. The minimum absolute atomic E-state index is 0.690. The predicted molar refractivity (Wildman–Crippen MR) is 111 cm³/mol. The molecule has 0 fully saturated rings. The fourth-order valence-electron chi connectivity index (χ4n) is 3.09. The van der Waals surface area contributed by atoms with Gasteiger partial charge in [-0.2, -0.15) is 4.98 Å². The van der Waals surface area contributed by atoms with Crippen molar-refractivity contribution in [2.45, 2.75) is 24.8 Å². The van der Waals surface area contributed by atoms with Crippen LogP contribution in [0.25, 0.3) is 11.4 Å². The summed E-state index contributed by atoms with van der Waals surface area (Å²) < 4.78 is 6.15. The number of aromatic nitrogens is 2. The molecule has 4 nitrogen and oxygen atoms in total.